The van der Waals surface area contributed by atoms with Crippen molar-refractivity contribution in [2.45, 2.75) is 26.2 Å². The molecule has 1 aliphatic rings. The van der Waals surface area contributed by atoms with Crippen LogP contribution in [0.5, 0.6) is 0 Å². The van der Waals surface area contributed by atoms with Gasteiger partial charge in [-0.15, -0.1) is 0 Å². The van der Waals surface area contributed by atoms with E-state index in [1.54, 1.807) is 13.0 Å². The van der Waals surface area contributed by atoms with Crippen molar-refractivity contribution < 1.29 is 13.8 Å². The van der Waals surface area contributed by atoms with Crippen LogP contribution in [-0.4, -0.2) is 46.2 Å². The van der Waals surface area contributed by atoms with Gasteiger partial charge >= 0.3 is 0 Å². The van der Waals surface area contributed by atoms with Gasteiger partial charge in [0, 0.05) is 32.0 Å². The third-order valence-electron chi connectivity index (χ3n) is 3.63. The molecule has 0 bridgehead atoms. The van der Waals surface area contributed by atoms with Crippen molar-refractivity contribution in [3.05, 3.63) is 29.6 Å². The van der Waals surface area contributed by atoms with Gasteiger partial charge in [-0.3, -0.25) is 4.79 Å². The van der Waals surface area contributed by atoms with E-state index in [0.29, 0.717) is 29.7 Å². The lowest BCUT2D eigenvalue weighted by Gasteiger charge is -2.19. The van der Waals surface area contributed by atoms with E-state index in [2.05, 4.69) is 38.6 Å². The van der Waals surface area contributed by atoms with Crippen molar-refractivity contribution in [1.29, 1.82) is 0 Å². The monoisotopic (exact) mass is 317 g/mol. The Labute approximate surface area is 133 Å². The maximum absolute atomic E-state index is 11.8. The van der Waals surface area contributed by atoms with Crippen molar-refractivity contribution in [2.24, 2.45) is 0 Å². The largest absolute Gasteiger partial charge is 0.360 e. The molecule has 0 aromatic carbocycles. The highest BCUT2D eigenvalue weighted by molar-refractivity contribution is 5.89. The third-order valence-corrected chi connectivity index (χ3v) is 3.63. The molecule has 2 aromatic rings. The summed E-state index contributed by atoms with van der Waals surface area (Å²) in [5, 5.41) is 10.4. The number of aromatic nitrogens is 3. The molecule has 0 fully saturated rings. The highest BCUT2D eigenvalue weighted by Gasteiger charge is 2.16. The summed E-state index contributed by atoms with van der Waals surface area (Å²) in [4.78, 5) is 18.4. The molecule has 3 heterocycles. The number of likely N-dealkylation sites (N-methyl/N-ethyl adjacent to an activating group) is 1. The average Bonchev–Trinajstić information content (AvgIpc) is 3.15. The standard InChI is InChI=1S/C15H19N5O3/c1-10-9-12(18-22-10)16-13(21)3-4-14-17-15(19-23-14)11-5-7-20(2)8-6-11/h5,9H,3-4,6-8H2,1-2H3,(H,16,18,21). The molecule has 0 atom stereocenters. The molecule has 122 valence electrons. The molecule has 1 amide bonds. The number of carbonyl (C=O) groups is 1. The van der Waals surface area contributed by atoms with E-state index in [9.17, 15) is 4.79 Å². The zero-order valence-corrected chi connectivity index (χ0v) is 13.2. The smallest absolute Gasteiger partial charge is 0.227 e. The van der Waals surface area contributed by atoms with E-state index in [4.69, 9.17) is 9.05 Å². The molecule has 3 rings (SSSR count). The lowest BCUT2D eigenvalue weighted by atomic mass is 10.1. The summed E-state index contributed by atoms with van der Waals surface area (Å²) in [5.74, 6) is 1.98. The first-order chi connectivity index (χ1) is 11.1. The van der Waals surface area contributed by atoms with Gasteiger partial charge in [0.05, 0.1) is 0 Å². The highest BCUT2D eigenvalue weighted by Crippen LogP contribution is 2.19. The van der Waals surface area contributed by atoms with Gasteiger partial charge in [0.1, 0.15) is 5.76 Å². The van der Waals surface area contributed by atoms with Crippen LogP contribution in [0.15, 0.2) is 21.2 Å². The van der Waals surface area contributed by atoms with E-state index in [-0.39, 0.29) is 12.3 Å². The molecule has 1 aliphatic heterocycles. The lowest BCUT2D eigenvalue weighted by Crippen LogP contribution is -2.23. The Morgan fingerprint density at radius 1 is 1.39 bits per heavy atom. The van der Waals surface area contributed by atoms with E-state index in [0.717, 1.165) is 25.1 Å². The molecule has 0 aliphatic carbocycles. The van der Waals surface area contributed by atoms with Crippen LogP contribution >= 0.6 is 0 Å². The molecule has 0 radical (unpaired) electrons. The summed E-state index contributed by atoms with van der Waals surface area (Å²) < 4.78 is 10.1. The number of nitrogens with one attached hydrogen (secondary N) is 1. The first-order valence-electron chi connectivity index (χ1n) is 7.54. The molecule has 8 nitrogen and oxygen atoms in total. The second-order valence-corrected chi connectivity index (χ2v) is 5.62. The number of hydrogen-bond acceptors (Lipinski definition) is 7. The van der Waals surface area contributed by atoms with Crippen LogP contribution in [0, 0.1) is 6.92 Å². The van der Waals surface area contributed by atoms with Gasteiger partial charge in [-0.2, -0.15) is 4.98 Å². The third kappa shape index (κ3) is 4.04. The predicted molar refractivity (Wildman–Crippen MR) is 82.6 cm³/mol. The first kappa shape index (κ1) is 15.4. The second kappa shape index (κ2) is 6.74. The van der Waals surface area contributed by atoms with Crippen LogP contribution in [0.2, 0.25) is 0 Å². The zero-order chi connectivity index (χ0) is 16.2. The summed E-state index contributed by atoms with van der Waals surface area (Å²) in [5.41, 5.74) is 1.10. The Bertz CT molecular complexity index is 718. The normalized spacial score (nSPS) is 15.5. The van der Waals surface area contributed by atoms with E-state index in [1.165, 1.54) is 0 Å². The molecular weight excluding hydrogens is 298 g/mol. The van der Waals surface area contributed by atoms with E-state index >= 15 is 0 Å². The van der Waals surface area contributed by atoms with Gasteiger partial charge in [-0.25, -0.2) is 0 Å². The molecule has 1 N–H and O–H groups in total. The molecule has 0 saturated carbocycles. The van der Waals surface area contributed by atoms with Crippen LogP contribution in [0.3, 0.4) is 0 Å². The second-order valence-electron chi connectivity index (χ2n) is 5.62. The maximum atomic E-state index is 11.8. The molecule has 0 unspecified atom stereocenters. The van der Waals surface area contributed by atoms with Crippen LogP contribution in [0.1, 0.15) is 30.3 Å². The Kier molecular flexibility index (Phi) is 4.52. The molecule has 0 saturated heterocycles. The van der Waals surface area contributed by atoms with Crippen LogP contribution in [-0.2, 0) is 11.2 Å². The van der Waals surface area contributed by atoms with Crippen molar-refractivity contribution in [3.63, 3.8) is 0 Å². The quantitative estimate of drug-likeness (QED) is 0.895. The molecule has 0 spiro atoms. The lowest BCUT2D eigenvalue weighted by molar-refractivity contribution is -0.116. The van der Waals surface area contributed by atoms with Gasteiger partial charge in [0.2, 0.25) is 11.8 Å². The Morgan fingerprint density at radius 2 is 2.26 bits per heavy atom. The van der Waals surface area contributed by atoms with E-state index < -0.39 is 0 Å². The molecule has 2 aromatic heterocycles. The van der Waals surface area contributed by atoms with Gasteiger partial charge in [-0.05, 0) is 26.0 Å². The number of nitrogens with zero attached hydrogens (tertiary/aromatic N) is 4. The Balaban J connectivity index is 1.52. The van der Waals surface area contributed by atoms with Crippen molar-refractivity contribution in [2.75, 3.05) is 25.5 Å². The summed E-state index contributed by atoms with van der Waals surface area (Å²) >= 11 is 0. The van der Waals surface area contributed by atoms with Crippen LogP contribution < -0.4 is 5.32 Å². The SMILES string of the molecule is Cc1cc(NC(=O)CCc2nc(C3=CCN(C)CC3)no2)no1. The highest BCUT2D eigenvalue weighted by atomic mass is 16.5. The topological polar surface area (TPSA) is 97.3 Å². The van der Waals surface area contributed by atoms with Gasteiger partial charge in [0.15, 0.2) is 11.6 Å². The fourth-order valence-electron chi connectivity index (χ4n) is 2.31. The van der Waals surface area contributed by atoms with Crippen molar-refractivity contribution in [1.82, 2.24) is 20.2 Å². The number of carbonyl (C=O) groups excluding carboxylic acids is 1. The van der Waals surface area contributed by atoms with Crippen molar-refractivity contribution >= 4 is 17.3 Å². The van der Waals surface area contributed by atoms with E-state index in [1.807, 2.05) is 0 Å². The maximum Gasteiger partial charge on any atom is 0.227 e. The summed E-state index contributed by atoms with van der Waals surface area (Å²) in [6.07, 6.45) is 3.65. The fraction of sp³-hybridized carbons (Fsp3) is 0.467. The minimum Gasteiger partial charge on any atom is -0.360 e. The van der Waals surface area contributed by atoms with Gasteiger partial charge < -0.3 is 19.3 Å². The zero-order valence-electron chi connectivity index (χ0n) is 13.2. The molecule has 8 heteroatoms. The predicted octanol–water partition coefficient (Wildman–Crippen LogP) is 1.66. The minimum absolute atomic E-state index is 0.170. The average molecular weight is 317 g/mol. The first-order valence-corrected chi connectivity index (χ1v) is 7.54. The number of aryl methyl sites for hydroxylation is 2. The van der Waals surface area contributed by atoms with Crippen molar-refractivity contribution in [3.8, 4) is 0 Å². The number of hydrogen-bond donors (Lipinski definition) is 1. The summed E-state index contributed by atoms with van der Waals surface area (Å²) in [6.45, 7) is 3.63. The molecule has 23 heavy (non-hydrogen) atoms. The Hall–Kier alpha value is -2.48. The Morgan fingerprint density at radius 3 is 2.96 bits per heavy atom. The summed E-state index contributed by atoms with van der Waals surface area (Å²) in [7, 11) is 2.07. The number of anilines is 1. The fourth-order valence-corrected chi connectivity index (χ4v) is 2.31. The minimum atomic E-state index is -0.170. The van der Waals surface area contributed by atoms with Crippen LogP contribution in [0.4, 0.5) is 5.82 Å². The van der Waals surface area contributed by atoms with Gasteiger partial charge in [0.25, 0.3) is 0 Å². The number of amides is 1. The summed E-state index contributed by atoms with van der Waals surface area (Å²) in [6, 6.07) is 1.66. The van der Waals surface area contributed by atoms with Gasteiger partial charge in [-0.1, -0.05) is 16.4 Å². The van der Waals surface area contributed by atoms with Crippen LogP contribution in [0.25, 0.3) is 5.57 Å². The molecular formula is C15H19N5O3. The number of rotatable bonds is 5.